The average Bonchev–Trinajstić information content (AvgIpc) is 2.61. The zero-order valence-electron chi connectivity index (χ0n) is 13.9. The van der Waals surface area contributed by atoms with Gasteiger partial charge in [0.05, 0.1) is 24.9 Å². The minimum Gasteiger partial charge on any atom is -0.495 e. The van der Waals surface area contributed by atoms with E-state index in [1.807, 2.05) is 31.3 Å². The number of likely N-dealkylation sites (N-methyl/N-ethyl adjacent to an activating group) is 1. The molecule has 1 amide bonds. The SMILES string of the molecule is COc1ccc(Cl)cc1NC(=O)CN(C)c1ncnc2ccccc12. The van der Waals surface area contributed by atoms with Gasteiger partial charge in [-0.05, 0) is 30.3 Å². The topological polar surface area (TPSA) is 67.3 Å². The molecule has 0 saturated heterocycles. The second-order valence-electron chi connectivity index (χ2n) is 5.46. The van der Waals surface area contributed by atoms with Crippen LogP contribution in [0.5, 0.6) is 5.75 Å². The number of methoxy groups -OCH3 is 1. The van der Waals surface area contributed by atoms with Crippen LogP contribution in [0, 0.1) is 0 Å². The van der Waals surface area contributed by atoms with Gasteiger partial charge in [0, 0.05) is 17.5 Å². The Morgan fingerprint density at radius 3 is 2.84 bits per heavy atom. The molecule has 0 atom stereocenters. The summed E-state index contributed by atoms with van der Waals surface area (Å²) in [6.45, 7) is 0.122. The third kappa shape index (κ3) is 3.80. The zero-order valence-corrected chi connectivity index (χ0v) is 14.6. The lowest BCUT2D eigenvalue weighted by atomic mass is 10.2. The molecule has 0 radical (unpaired) electrons. The van der Waals surface area contributed by atoms with Gasteiger partial charge in [-0.2, -0.15) is 0 Å². The monoisotopic (exact) mass is 356 g/mol. The van der Waals surface area contributed by atoms with E-state index in [1.54, 1.807) is 23.1 Å². The van der Waals surface area contributed by atoms with Crippen molar-refractivity contribution in [3.05, 3.63) is 53.8 Å². The number of rotatable bonds is 5. The lowest BCUT2D eigenvalue weighted by Crippen LogP contribution is -2.30. The Labute approximate surface area is 150 Å². The number of aromatic nitrogens is 2. The lowest BCUT2D eigenvalue weighted by Gasteiger charge is -2.19. The van der Waals surface area contributed by atoms with Crippen molar-refractivity contribution in [2.45, 2.75) is 0 Å². The van der Waals surface area contributed by atoms with Crippen LogP contribution in [0.15, 0.2) is 48.8 Å². The number of carbonyl (C=O) groups is 1. The average molecular weight is 357 g/mol. The molecule has 3 rings (SSSR count). The molecule has 0 aliphatic rings. The number of nitrogens with one attached hydrogen (secondary N) is 1. The number of anilines is 2. The van der Waals surface area contributed by atoms with Crippen molar-refractivity contribution >= 4 is 39.9 Å². The first-order valence-electron chi connectivity index (χ1n) is 7.63. The predicted octanol–water partition coefficient (Wildman–Crippen LogP) is 3.37. The third-order valence-corrected chi connectivity index (χ3v) is 3.93. The lowest BCUT2D eigenvalue weighted by molar-refractivity contribution is -0.114. The second-order valence-corrected chi connectivity index (χ2v) is 5.90. The van der Waals surface area contributed by atoms with Crippen molar-refractivity contribution in [3.8, 4) is 5.75 Å². The molecule has 0 aliphatic carbocycles. The molecule has 0 bridgehead atoms. The molecule has 128 valence electrons. The van der Waals surface area contributed by atoms with Gasteiger partial charge >= 0.3 is 0 Å². The fourth-order valence-corrected chi connectivity index (χ4v) is 2.72. The number of ether oxygens (including phenoxy) is 1. The molecule has 0 unspecified atom stereocenters. The van der Waals surface area contributed by atoms with Crippen LogP contribution in [0.2, 0.25) is 5.02 Å². The molecule has 6 nitrogen and oxygen atoms in total. The van der Waals surface area contributed by atoms with Crippen LogP contribution in [0.3, 0.4) is 0 Å². The van der Waals surface area contributed by atoms with E-state index in [0.717, 1.165) is 10.9 Å². The molecule has 0 saturated carbocycles. The Bertz CT molecular complexity index is 911. The summed E-state index contributed by atoms with van der Waals surface area (Å²) in [5.74, 6) is 1.04. The predicted molar refractivity (Wildman–Crippen MR) is 99.4 cm³/mol. The number of nitrogens with zero attached hydrogens (tertiary/aromatic N) is 3. The second kappa shape index (κ2) is 7.36. The number of fused-ring (bicyclic) bond motifs is 1. The maximum Gasteiger partial charge on any atom is 0.244 e. The Balaban J connectivity index is 1.78. The molecule has 1 N–H and O–H groups in total. The summed E-state index contributed by atoms with van der Waals surface area (Å²) in [6, 6.07) is 12.7. The van der Waals surface area contributed by atoms with Gasteiger partial charge in [-0.15, -0.1) is 0 Å². The fourth-order valence-electron chi connectivity index (χ4n) is 2.55. The van der Waals surface area contributed by atoms with E-state index in [2.05, 4.69) is 15.3 Å². The third-order valence-electron chi connectivity index (χ3n) is 3.70. The van der Waals surface area contributed by atoms with Gasteiger partial charge < -0.3 is 15.0 Å². The van der Waals surface area contributed by atoms with Gasteiger partial charge in [0.15, 0.2) is 0 Å². The fraction of sp³-hybridized carbons (Fsp3) is 0.167. The van der Waals surface area contributed by atoms with Gasteiger partial charge in [-0.1, -0.05) is 23.7 Å². The van der Waals surface area contributed by atoms with E-state index in [9.17, 15) is 4.79 Å². The summed E-state index contributed by atoms with van der Waals surface area (Å²) >= 11 is 5.99. The highest BCUT2D eigenvalue weighted by Gasteiger charge is 2.14. The molecule has 2 aromatic carbocycles. The van der Waals surface area contributed by atoms with Gasteiger partial charge in [-0.25, -0.2) is 9.97 Å². The molecular formula is C18H17ClN4O2. The molecular weight excluding hydrogens is 340 g/mol. The van der Waals surface area contributed by atoms with Crippen LogP contribution in [0.25, 0.3) is 10.9 Å². The van der Waals surface area contributed by atoms with Crippen molar-refractivity contribution in [2.75, 3.05) is 30.9 Å². The number of amides is 1. The summed E-state index contributed by atoms with van der Waals surface area (Å²) < 4.78 is 5.24. The summed E-state index contributed by atoms with van der Waals surface area (Å²) in [6.07, 6.45) is 1.49. The largest absolute Gasteiger partial charge is 0.495 e. The first kappa shape index (κ1) is 17.0. The standard InChI is InChI=1S/C18H17ClN4O2/c1-23(18-13-5-3-4-6-14(13)20-11-21-18)10-17(24)22-15-9-12(19)7-8-16(15)25-2/h3-9,11H,10H2,1-2H3,(H,22,24). The number of halogens is 1. The summed E-state index contributed by atoms with van der Waals surface area (Å²) in [7, 11) is 3.35. The minimum absolute atomic E-state index is 0.122. The maximum atomic E-state index is 12.4. The van der Waals surface area contributed by atoms with Crippen molar-refractivity contribution < 1.29 is 9.53 Å². The number of hydrogen-bond acceptors (Lipinski definition) is 5. The molecule has 0 spiro atoms. The Morgan fingerprint density at radius 2 is 2.04 bits per heavy atom. The minimum atomic E-state index is -0.203. The highest BCUT2D eigenvalue weighted by Crippen LogP contribution is 2.28. The zero-order chi connectivity index (χ0) is 17.8. The van der Waals surface area contributed by atoms with Crippen molar-refractivity contribution in [1.82, 2.24) is 9.97 Å². The number of carbonyl (C=O) groups excluding carboxylic acids is 1. The molecule has 25 heavy (non-hydrogen) atoms. The number of benzene rings is 2. The van der Waals surface area contributed by atoms with E-state index in [-0.39, 0.29) is 12.5 Å². The van der Waals surface area contributed by atoms with Crippen LogP contribution < -0.4 is 15.0 Å². The molecule has 0 aliphatic heterocycles. The van der Waals surface area contributed by atoms with Crippen LogP contribution in [-0.2, 0) is 4.79 Å². The number of hydrogen-bond donors (Lipinski definition) is 1. The maximum absolute atomic E-state index is 12.4. The van der Waals surface area contributed by atoms with E-state index in [0.29, 0.717) is 22.3 Å². The van der Waals surface area contributed by atoms with Gasteiger partial charge in [0.2, 0.25) is 5.91 Å². The Morgan fingerprint density at radius 1 is 1.24 bits per heavy atom. The summed E-state index contributed by atoms with van der Waals surface area (Å²) in [4.78, 5) is 22.7. The van der Waals surface area contributed by atoms with E-state index < -0.39 is 0 Å². The van der Waals surface area contributed by atoms with Crippen molar-refractivity contribution in [1.29, 1.82) is 0 Å². The smallest absolute Gasteiger partial charge is 0.244 e. The highest BCUT2D eigenvalue weighted by molar-refractivity contribution is 6.31. The van der Waals surface area contributed by atoms with Gasteiger partial charge in [0.1, 0.15) is 17.9 Å². The van der Waals surface area contributed by atoms with Crippen LogP contribution >= 0.6 is 11.6 Å². The normalized spacial score (nSPS) is 10.5. The summed E-state index contributed by atoms with van der Waals surface area (Å²) in [5.41, 5.74) is 1.36. The highest BCUT2D eigenvalue weighted by atomic mass is 35.5. The van der Waals surface area contributed by atoms with E-state index in [4.69, 9.17) is 16.3 Å². The van der Waals surface area contributed by atoms with Gasteiger partial charge in [0.25, 0.3) is 0 Å². The molecule has 7 heteroatoms. The molecule has 1 aromatic heterocycles. The van der Waals surface area contributed by atoms with E-state index >= 15 is 0 Å². The van der Waals surface area contributed by atoms with Crippen LogP contribution in [-0.4, -0.2) is 36.6 Å². The van der Waals surface area contributed by atoms with Crippen molar-refractivity contribution in [2.24, 2.45) is 0 Å². The molecule has 3 aromatic rings. The number of para-hydroxylation sites is 1. The summed E-state index contributed by atoms with van der Waals surface area (Å²) in [5, 5.41) is 4.23. The quantitative estimate of drug-likeness (QED) is 0.759. The van der Waals surface area contributed by atoms with Crippen molar-refractivity contribution in [3.63, 3.8) is 0 Å². The Hall–Kier alpha value is -2.86. The van der Waals surface area contributed by atoms with Gasteiger partial charge in [-0.3, -0.25) is 4.79 Å². The first-order chi connectivity index (χ1) is 12.1. The van der Waals surface area contributed by atoms with E-state index in [1.165, 1.54) is 13.4 Å². The first-order valence-corrected chi connectivity index (χ1v) is 8.00. The molecule has 1 heterocycles. The molecule has 0 fully saturated rings. The Kier molecular flexibility index (Phi) is 5.00. The van der Waals surface area contributed by atoms with Crippen LogP contribution in [0.1, 0.15) is 0 Å². The van der Waals surface area contributed by atoms with Crippen LogP contribution in [0.4, 0.5) is 11.5 Å².